The molecule has 0 radical (unpaired) electrons. The van der Waals surface area contributed by atoms with Gasteiger partial charge in [-0.1, -0.05) is 24.3 Å². The Balaban J connectivity index is 0.000000159. The smallest absolute Gasteiger partial charge is 0.259 e. The van der Waals surface area contributed by atoms with E-state index in [1.807, 2.05) is 0 Å². The number of hydrogen-bond donors (Lipinski definition) is 6. The van der Waals surface area contributed by atoms with Crippen molar-refractivity contribution in [2.75, 3.05) is 59.9 Å². The average molecular weight is 809 g/mol. The van der Waals surface area contributed by atoms with Gasteiger partial charge in [0.2, 0.25) is 39.3 Å². The summed E-state index contributed by atoms with van der Waals surface area (Å²) in [4.78, 5) is 24.5. The molecule has 302 valence electrons. The number of anilines is 5. The number of furan rings is 2. The van der Waals surface area contributed by atoms with E-state index in [4.69, 9.17) is 26.0 Å². The Morgan fingerprint density at radius 2 is 1.14 bits per heavy atom. The topological polar surface area (TPSA) is 287 Å². The standard InChI is InChI=1S/C18H20N8O.C10H16N2.C9H8N6O3S/c1-2-20-13-7-5-12(6-8-13)9-10-21-17-23-16(19)26-18(24-17)22-15(25-26)14-4-3-11-27-14;1-2-12-10-5-3-9(4-6-10)7-8-11;1-19(16,17)9-12-7(10)15-8(13-9)11-6(14-15)5-3-2-4-18-5/h3-8,11,20H,2,9-10H2,1H3,(H3,19,21,22,23,24,25);3-6,12H,2,7-8,11H2,1H3;2-4H,1H3,(H2,10,11,12,13,14). The maximum absolute atomic E-state index is 11.4. The second-order valence-corrected chi connectivity index (χ2v) is 14.4. The molecule has 0 spiro atoms. The highest BCUT2D eigenvalue weighted by atomic mass is 32.2. The lowest BCUT2D eigenvalue weighted by atomic mass is 10.1. The summed E-state index contributed by atoms with van der Waals surface area (Å²) in [6.45, 7) is 7.44. The Morgan fingerprint density at radius 3 is 1.60 bits per heavy atom. The minimum absolute atomic E-state index is 0.0410. The van der Waals surface area contributed by atoms with Crippen LogP contribution >= 0.6 is 0 Å². The fraction of sp³-hybridized carbons (Fsp3) is 0.243. The molecule has 0 bridgehead atoms. The lowest BCUT2D eigenvalue weighted by molar-refractivity contribution is 0.577. The molecule has 9 N–H and O–H groups in total. The Morgan fingerprint density at radius 1 is 0.638 bits per heavy atom. The highest BCUT2D eigenvalue weighted by Gasteiger charge is 2.18. The molecule has 0 fully saturated rings. The van der Waals surface area contributed by atoms with E-state index in [1.54, 1.807) is 30.5 Å². The van der Waals surface area contributed by atoms with Crippen LogP contribution in [-0.4, -0.2) is 90.0 Å². The zero-order chi connectivity index (χ0) is 41.1. The summed E-state index contributed by atoms with van der Waals surface area (Å²) in [7, 11) is -3.57. The number of nitrogens with one attached hydrogen (secondary N) is 3. The number of hydrogen-bond acceptors (Lipinski definition) is 18. The molecule has 6 aromatic heterocycles. The largest absolute Gasteiger partial charge is 0.461 e. The van der Waals surface area contributed by atoms with Gasteiger partial charge in [-0.25, -0.2) is 8.42 Å². The van der Waals surface area contributed by atoms with Crippen LogP contribution in [0, 0.1) is 0 Å². The second kappa shape index (κ2) is 18.7. The lowest BCUT2D eigenvalue weighted by Crippen LogP contribution is -2.12. The first-order valence-corrected chi connectivity index (χ1v) is 20.1. The number of rotatable bonds is 13. The van der Waals surface area contributed by atoms with E-state index in [0.29, 0.717) is 35.6 Å². The van der Waals surface area contributed by atoms with Crippen molar-refractivity contribution in [2.45, 2.75) is 31.8 Å². The predicted octanol–water partition coefficient (Wildman–Crippen LogP) is 3.83. The zero-order valence-corrected chi connectivity index (χ0v) is 32.9. The summed E-state index contributed by atoms with van der Waals surface area (Å²) < 4.78 is 35.8. The van der Waals surface area contributed by atoms with Crippen molar-refractivity contribution in [1.82, 2.24) is 49.1 Å². The molecule has 0 saturated heterocycles. The fourth-order valence-electron chi connectivity index (χ4n) is 5.33. The molecule has 0 amide bonds. The summed E-state index contributed by atoms with van der Waals surface area (Å²) in [5.74, 6) is 2.56. The summed E-state index contributed by atoms with van der Waals surface area (Å²) in [6.07, 6.45) is 5.82. The molecule has 20 nitrogen and oxygen atoms in total. The molecule has 6 heterocycles. The molecule has 0 aliphatic rings. The van der Waals surface area contributed by atoms with Crippen molar-refractivity contribution in [3.8, 4) is 23.2 Å². The molecule has 58 heavy (non-hydrogen) atoms. The number of aromatic nitrogens is 10. The van der Waals surface area contributed by atoms with Crippen LogP contribution in [0.15, 0.2) is 99.3 Å². The van der Waals surface area contributed by atoms with Crippen LogP contribution in [0.25, 0.3) is 34.7 Å². The number of benzene rings is 2. The molecule has 0 saturated carbocycles. The number of nitrogen functional groups attached to an aromatic ring is 2. The predicted molar refractivity (Wildman–Crippen MR) is 221 cm³/mol. The molecule has 0 atom stereocenters. The van der Waals surface area contributed by atoms with Gasteiger partial charge in [-0.3, -0.25) is 0 Å². The van der Waals surface area contributed by atoms with Gasteiger partial charge in [-0.2, -0.15) is 38.9 Å². The van der Waals surface area contributed by atoms with Gasteiger partial charge in [0, 0.05) is 37.3 Å². The molecule has 8 aromatic rings. The first kappa shape index (κ1) is 40.5. The van der Waals surface area contributed by atoms with E-state index in [0.717, 1.165) is 48.9 Å². The van der Waals surface area contributed by atoms with E-state index < -0.39 is 15.0 Å². The van der Waals surface area contributed by atoms with Crippen LogP contribution in [0.5, 0.6) is 0 Å². The Bertz CT molecular complexity index is 2600. The average Bonchev–Trinajstić information content (AvgIpc) is 4.04. The fourth-order valence-corrected chi connectivity index (χ4v) is 5.84. The highest BCUT2D eigenvalue weighted by Crippen LogP contribution is 2.19. The van der Waals surface area contributed by atoms with Crippen LogP contribution < -0.4 is 33.2 Å². The van der Waals surface area contributed by atoms with Crippen molar-refractivity contribution in [1.29, 1.82) is 0 Å². The van der Waals surface area contributed by atoms with Gasteiger partial charge in [-0.15, -0.1) is 10.2 Å². The molecular weight excluding hydrogens is 765 g/mol. The normalized spacial score (nSPS) is 11.1. The van der Waals surface area contributed by atoms with Crippen LogP contribution in [0.3, 0.4) is 0 Å². The molecular formula is C37H44N16O4S. The van der Waals surface area contributed by atoms with E-state index in [1.165, 1.54) is 27.6 Å². The number of fused-ring (bicyclic) bond motifs is 2. The van der Waals surface area contributed by atoms with Crippen molar-refractivity contribution in [3.63, 3.8) is 0 Å². The van der Waals surface area contributed by atoms with Gasteiger partial charge in [0.15, 0.2) is 11.5 Å². The Labute approximate surface area is 333 Å². The SMILES string of the molecule is CCNc1ccc(CCN)cc1.CCNc1ccc(CCNc2nc(N)n3nc(-c4ccco4)nc3n2)cc1.CS(=O)(=O)c1nc(N)n2nc(-c3ccco3)nc2n1. The van der Waals surface area contributed by atoms with Gasteiger partial charge in [-0.05, 0) is 92.9 Å². The van der Waals surface area contributed by atoms with E-state index in [-0.39, 0.29) is 23.5 Å². The van der Waals surface area contributed by atoms with E-state index in [2.05, 4.69) is 118 Å². The molecule has 21 heteroatoms. The third-order valence-corrected chi connectivity index (χ3v) is 8.91. The second-order valence-electron chi connectivity index (χ2n) is 12.5. The summed E-state index contributed by atoms with van der Waals surface area (Å²) >= 11 is 0. The molecule has 0 unspecified atom stereocenters. The minimum Gasteiger partial charge on any atom is -0.461 e. The number of sulfone groups is 1. The van der Waals surface area contributed by atoms with Crippen molar-refractivity contribution >= 4 is 50.6 Å². The maximum Gasteiger partial charge on any atom is 0.259 e. The third-order valence-electron chi connectivity index (χ3n) is 8.06. The molecule has 8 rings (SSSR count). The molecule has 0 aliphatic heterocycles. The third kappa shape index (κ3) is 10.4. The zero-order valence-electron chi connectivity index (χ0n) is 32.1. The monoisotopic (exact) mass is 808 g/mol. The van der Waals surface area contributed by atoms with Crippen LogP contribution in [-0.2, 0) is 22.7 Å². The number of nitrogens with two attached hydrogens (primary N) is 3. The van der Waals surface area contributed by atoms with Crippen molar-refractivity contribution < 1.29 is 17.3 Å². The quantitative estimate of drug-likeness (QED) is 0.0964. The van der Waals surface area contributed by atoms with Gasteiger partial charge in [0.05, 0.1) is 12.5 Å². The van der Waals surface area contributed by atoms with Gasteiger partial charge in [0.1, 0.15) is 0 Å². The number of nitrogens with zero attached hydrogens (tertiary/aromatic N) is 10. The Hall–Kier alpha value is -7.13. The first-order valence-electron chi connectivity index (χ1n) is 18.2. The summed E-state index contributed by atoms with van der Waals surface area (Å²) in [6, 6.07) is 23.7. The lowest BCUT2D eigenvalue weighted by Gasteiger charge is -2.07. The summed E-state index contributed by atoms with van der Waals surface area (Å²) in [5.41, 5.74) is 21.9. The highest BCUT2D eigenvalue weighted by molar-refractivity contribution is 7.90. The van der Waals surface area contributed by atoms with Crippen LogP contribution in [0.1, 0.15) is 25.0 Å². The molecule has 0 aliphatic carbocycles. The Kier molecular flexibility index (Phi) is 13.0. The van der Waals surface area contributed by atoms with E-state index in [9.17, 15) is 8.42 Å². The summed E-state index contributed by atoms with van der Waals surface area (Å²) in [5, 5.41) is 17.6. The van der Waals surface area contributed by atoms with Gasteiger partial charge < -0.3 is 42.0 Å². The van der Waals surface area contributed by atoms with Gasteiger partial charge >= 0.3 is 0 Å². The van der Waals surface area contributed by atoms with E-state index >= 15 is 0 Å². The van der Waals surface area contributed by atoms with Crippen LogP contribution in [0.2, 0.25) is 0 Å². The van der Waals surface area contributed by atoms with Crippen molar-refractivity contribution in [2.24, 2.45) is 5.73 Å². The van der Waals surface area contributed by atoms with Crippen LogP contribution in [0.4, 0.5) is 29.2 Å². The minimum atomic E-state index is -3.57. The van der Waals surface area contributed by atoms with Gasteiger partial charge in [0.25, 0.3) is 16.7 Å². The van der Waals surface area contributed by atoms with Crippen molar-refractivity contribution in [3.05, 3.63) is 96.4 Å². The first-order chi connectivity index (χ1) is 28.0. The maximum atomic E-state index is 11.4. The molecule has 2 aromatic carbocycles.